The van der Waals surface area contributed by atoms with Crippen LogP contribution in [0.4, 0.5) is 0 Å². The van der Waals surface area contributed by atoms with Gasteiger partial charge in [0.05, 0.1) is 19.8 Å². The number of aliphatic hydroxyl groups excluding tert-OH is 1. The number of nitrogens with zero attached hydrogens (tertiary/aromatic N) is 2. The second-order valence-corrected chi connectivity index (χ2v) is 3.91. The molecule has 0 aromatic carbocycles. The number of amides is 1. The molecule has 0 aromatic heterocycles. The third-order valence-electron chi connectivity index (χ3n) is 2.81. The van der Waals surface area contributed by atoms with Crippen LogP contribution < -0.4 is 0 Å². The van der Waals surface area contributed by atoms with Crippen molar-refractivity contribution in [1.29, 1.82) is 0 Å². The van der Waals surface area contributed by atoms with Gasteiger partial charge in [-0.25, -0.2) is 0 Å². The van der Waals surface area contributed by atoms with Gasteiger partial charge in [0.15, 0.2) is 0 Å². The zero-order valence-corrected chi connectivity index (χ0v) is 10.0. The Morgan fingerprint density at radius 3 is 2.62 bits per heavy atom. The van der Waals surface area contributed by atoms with Gasteiger partial charge < -0.3 is 14.7 Å². The zero-order valence-electron chi connectivity index (χ0n) is 10.0. The van der Waals surface area contributed by atoms with E-state index in [1.54, 1.807) is 4.90 Å². The number of rotatable bonds is 6. The monoisotopic (exact) mass is 230 g/mol. The molecule has 1 saturated heterocycles. The Balaban J connectivity index is 2.27. The number of carbonyl (C=O) groups excluding carboxylic acids is 1. The van der Waals surface area contributed by atoms with Gasteiger partial charge in [-0.3, -0.25) is 9.69 Å². The number of hydrogen-bond donors (Lipinski definition) is 1. The van der Waals surface area contributed by atoms with Crippen LogP contribution in [-0.4, -0.2) is 73.4 Å². The van der Waals surface area contributed by atoms with Gasteiger partial charge in [0.1, 0.15) is 0 Å². The van der Waals surface area contributed by atoms with Crippen LogP contribution in [0.25, 0.3) is 0 Å². The molecule has 0 unspecified atom stereocenters. The molecule has 94 valence electrons. The quantitative estimate of drug-likeness (QED) is 0.671. The Morgan fingerprint density at radius 1 is 1.38 bits per heavy atom. The molecule has 0 aliphatic carbocycles. The number of carbonyl (C=O) groups is 1. The smallest absolute Gasteiger partial charge is 0.222 e. The van der Waals surface area contributed by atoms with Crippen LogP contribution in [0.3, 0.4) is 0 Å². The van der Waals surface area contributed by atoms with Crippen molar-refractivity contribution in [2.75, 3.05) is 52.5 Å². The molecule has 1 amide bonds. The van der Waals surface area contributed by atoms with E-state index in [0.29, 0.717) is 19.5 Å². The highest BCUT2D eigenvalue weighted by Crippen LogP contribution is 1.99. The van der Waals surface area contributed by atoms with E-state index in [2.05, 4.69) is 4.90 Å². The highest BCUT2D eigenvalue weighted by Gasteiger charge is 2.14. The standard InChI is InChI=1S/C11H22N2O3/c1-2-11(15)13(5-8-14)4-3-12-6-9-16-10-7-12/h14H,2-10H2,1H3. The molecule has 1 aliphatic rings. The largest absolute Gasteiger partial charge is 0.395 e. The number of ether oxygens (including phenoxy) is 1. The molecule has 1 fully saturated rings. The highest BCUT2D eigenvalue weighted by molar-refractivity contribution is 5.75. The fraction of sp³-hybridized carbons (Fsp3) is 0.909. The minimum atomic E-state index is 0.0366. The first-order valence-electron chi connectivity index (χ1n) is 5.96. The molecule has 1 heterocycles. The highest BCUT2D eigenvalue weighted by atomic mass is 16.5. The van der Waals surface area contributed by atoms with Crippen LogP contribution >= 0.6 is 0 Å². The van der Waals surface area contributed by atoms with E-state index in [9.17, 15) is 4.79 Å². The van der Waals surface area contributed by atoms with E-state index in [0.717, 1.165) is 32.8 Å². The van der Waals surface area contributed by atoms with Crippen molar-refractivity contribution >= 4 is 5.91 Å². The minimum Gasteiger partial charge on any atom is -0.395 e. The third kappa shape index (κ3) is 4.47. The van der Waals surface area contributed by atoms with Gasteiger partial charge in [-0.2, -0.15) is 0 Å². The summed E-state index contributed by atoms with van der Waals surface area (Å²) in [4.78, 5) is 15.6. The van der Waals surface area contributed by atoms with Crippen LogP contribution in [0.2, 0.25) is 0 Å². The van der Waals surface area contributed by atoms with Crippen molar-refractivity contribution in [2.45, 2.75) is 13.3 Å². The SMILES string of the molecule is CCC(=O)N(CCO)CCN1CCOCC1. The molecule has 1 aliphatic heterocycles. The lowest BCUT2D eigenvalue weighted by Gasteiger charge is -2.29. The van der Waals surface area contributed by atoms with E-state index >= 15 is 0 Å². The maximum Gasteiger partial charge on any atom is 0.222 e. The van der Waals surface area contributed by atoms with Crippen molar-refractivity contribution in [3.8, 4) is 0 Å². The van der Waals surface area contributed by atoms with Crippen LogP contribution in [-0.2, 0) is 9.53 Å². The summed E-state index contributed by atoms with van der Waals surface area (Å²) in [6.07, 6.45) is 0.503. The van der Waals surface area contributed by atoms with Gasteiger partial charge in [-0.15, -0.1) is 0 Å². The zero-order chi connectivity index (χ0) is 11.8. The maximum absolute atomic E-state index is 11.5. The second kappa shape index (κ2) is 7.60. The number of morpholine rings is 1. The minimum absolute atomic E-state index is 0.0366. The summed E-state index contributed by atoms with van der Waals surface area (Å²) in [7, 11) is 0. The molecule has 5 nitrogen and oxygen atoms in total. The van der Waals surface area contributed by atoms with E-state index in [1.165, 1.54) is 0 Å². The normalized spacial score (nSPS) is 17.4. The molecular formula is C11H22N2O3. The summed E-state index contributed by atoms with van der Waals surface area (Å²) in [5.41, 5.74) is 0. The molecule has 16 heavy (non-hydrogen) atoms. The Morgan fingerprint density at radius 2 is 2.06 bits per heavy atom. The van der Waals surface area contributed by atoms with E-state index < -0.39 is 0 Å². The summed E-state index contributed by atoms with van der Waals surface area (Å²) in [6.45, 7) is 7.33. The van der Waals surface area contributed by atoms with Gasteiger partial charge in [0, 0.05) is 39.1 Å². The lowest BCUT2D eigenvalue weighted by atomic mass is 10.3. The average Bonchev–Trinajstić information content (AvgIpc) is 2.34. The third-order valence-corrected chi connectivity index (χ3v) is 2.81. The van der Waals surface area contributed by atoms with Crippen LogP contribution in [0.1, 0.15) is 13.3 Å². The van der Waals surface area contributed by atoms with E-state index in [4.69, 9.17) is 9.84 Å². The fourth-order valence-electron chi connectivity index (χ4n) is 1.79. The molecule has 0 saturated carbocycles. The summed E-state index contributed by atoms with van der Waals surface area (Å²) >= 11 is 0. The van der Waals surface area contributed by atoms with Crippen molar-refractivity contribution < 1.29 is 14.6 Å². The van der Waals surface area contributed by atoms with Crippen LogP contribution in [0, 0.1) is 0 Å². The van der Waals surface area contributed by atoms with Crippen molar-refractivity contribution in [2.24, 2.45) is 0 Å². The molecule has 0 radical (unpaired) electrons. The lowest BCUT2D eigenvalue weighted by molar-refractivity contribution is -0.131. The average molecular weight is 230 g/mol. The summed E-state index contributed by atoms with van der Waals surface area (Å²) in [5.74, 6) is 0.113. The molecule has 0 atom stereocenters. The Bertz CT molecular complexity index is 205. The second-order valence-electron chi connectivity index (χ2n) is 3.91. The topological polar surface area (TPSA) is 53.0 Å². The van der Waals surface area contributed by atoms with Gasteiger partial charge in [0.25, 0.3) is 0 Å². The summed E-state index contributed by atoms with van der Waals surface area (Å²) in [6, 6.07) is 0. The van der Waals surface area contributed by atoms with Crippen molar-refractivity contribution in [1.82, 2.24) is 9.80 Å². The van der Waals surface area contributed by atoms with Crippen LogP contribution in [0.5, 0.6) is 0 Å². The molecule has 0 aromatic rings. The van der Waals surface area contributed by atoms with Crippen molar-refractivity contribution in [3.05, 3.63) is 0 Å². The first kappa shape index (κ1) is 13.4. The summed E-state index contributed by atoms with van der Waals surface area (Å²) in [5, 5.41) is 8.89. The fourth-order valence-corrected chi connectivity index (χ4v) is 1.79. The van der Waals surface area contributed by atoms with Gasteiger partial charge in [0.2, 0.25) is 5.91 Å². The van der Waals surface area contributed by atoms with Crippen molar-refractivity contribution in [3.63, 3.8) is 0 Å². The molecular weight excluding hydrogens is 208 g/mol. The first-order valence-corrected chi connectivity index (χ1v) is 5.96. The Labute approximate surface area is 97.0 Å². The molecule has 5 heteroatoms. The molecule has 0 bridgehead atoms. The Hall–Kier alpha value is -0.650. The van der Waals surface area contributed by atoms with Crippen LogP contribution in [0.15, 0.2) is 0 Å². The predicted molar refractivity (Wildman–Crippen MR) is 61.2 cm³/mol. The predicted octanol–water partition coefficient (Wildman–Crippen LogP) is -0.450. The number of aliphatic hydroxyl groups is 1. The van der Waals surface area contributed by atoms with Gasteiger partial charge in [-0.1, -0.05) is 6.92 Å². The maximum atomic E-state index is 11.5. The number of hydrogen-bond acceptors (Lipinski definition) is 4. The van der Waals surface area contributed by atoms with Gasteiger partial charge >= 0.3 is 0 Å². The van der Waals surface area contributed by atoms with E-state index in [-0.39, 0.29) is 12.5 Å². The molecule has 1 N–H and O–H groups in total. The molecule has 1 rings (SSSR count). The Kier molecular flexibility index (Phi) is 6.37. The first-order chi connectivity index (χ1) is 7.77. The van der Waals surface area contributed by atoms with Gasteiger partial charge in [-0.05, 0) is 0 Å². The summed E-state index contributed by atoms with van der Waals surface area (Å²) < 4.78 is 5.26. The van der Waals surface area contributed by atoms with E-state index in [1.807, 2.05) is 6.92 Å². The lowest BCUT2D eigenvalue weighted by Crippen LogP contribution is -2.43. The molecule has 0 spiro atoms.